The first-order valence-electron chi connectivity index (χ1n) is 17.0. The molecule has 2 fully saturated rings. The highest BCUT2D eigenvalue weighted by atomic mass is 15.2. The van der Waals surface area contributed by atoms with Gasteiger partial charge in [0.1, 0.15) is 0 Å². The summed E-state index contributed by atoms with van der Waals surface area (Å²) in [4.78, 5) is 5.26. The molecule has 0 spiro atoms. The van der Waals surface area contributed by atoms with Crippen LogP contribution in [0.2, 0.25) is 0 Å². The first kappa shape index (κ1) is 32.5. The summed E-state index contributed by atoms with van der Waals surface area (Å²) < 4.78 is 0. The maximum absolute atomic E-state index is 5.75. The van der Waals surface area contributed by atoms with Crippen LogP contribution < -0.4 is 10.2 Å². The molecule has 4 rings (SSSR count). The summed E-state index contributed by atoms with van der Waals surface area (Å²) in [5.41, 5.74) is 6.44. The summed E-state index contributed by atoms with van der Waals surface area (Å²) in [6.07, 6.45) is 18.9. The minimum Gasteiger partial charge on any atom is -0.381 e. The molecule has 2 aliphatic carbocycles. The molecule has 1 aliphatic heterocycles. The summed E-state index contributed by atoms with van der Waals surface area (Å²) in [6.45, 7) is 27.2. The lowest BCUT2D eigenvalue weighted by atomic mass is 9.43. The quantitative estimate of drug-likeness (QED) is 0.239. The van der Waals surface area contributed by atoms with Gasteiger partial charge in [-0.25, -0.2) is 0 Å². The Labute approximate surface area is 258 Å². The number of hydrogen-bond acceptors (Lipinski definition) is 3. The van der Waals surface area contributed by atoms with Crippen LogP contribution in [-0.4, -0.2) is 43.7 Å². The number of rotatable bonds is 13. The van der Waals surface area contributed by atoms with Gasteiger partial charge in [-0.15, -0.1) is 6.42 Å². The number of piperidine rings is 1. The van der Waals surface area contributed by atoms with E-state index in [1.54, 1.807) is 0 Å². The first-order valence-corrected chi connectivity index (χ1v) is 17.0. The Hall–Kier alpha value is -2.44. The molecule has 0 bridgehead atoms. The third-order valence-corrected chi connectivity index (χ3v) is 10.9. The summed E-state index contributed by atoms with van der Waals surface area (Å²) in [6, 6.07) is 9.54. The van der Waals surface area contributed by atoms with Crippen molar-refractivity contribution in [3.63, 3.8) is 0 Å². The molecule has 1 aromatic carbocycles. The highest BCUT2D eigenvalue weighted by Gasteiger charge is 2.61. The fourth-order valence-corrected chi connectivity index (χ4v) is 8.77. The summed E-state index contributed by atoms with van der Waals surface area (Å²) in [5, 5.41) is 3.89. The largest absolute Gasteiger partial charge is 0.381 e. The van der Waals surface area contributed by atoms with E-state index in [-0.39, 0.29) is 10.8 Å². The van der Waals surface area contributed by atoms with Crippen LogP contribution in [-0.2, 0) is 0 Å². The highest BCUT2D eigenvalue weighted by Crippen LogP contribution is 2.61. The van der Waals surface area contributed by atoms with Crippen LogP contribution in [0.4, 0.5) is 5.69 Å². The van der Waals surface area contributed by atoms with Crippen LogP contribution in [0.3, 0.4) is 0 Å². The van der Waals surface area contributed by atoms with Crippen molar-refractivity contribution in [1.29, 1.82) is 0 Å². The number of nitrogens with zero attached hydrogens (tertiary/aromatic N) is 2. The molecule has 0 aromatic heterocycles. The molecule has 230 valence electrons. The molecular weight excluding hydrogens is 510 g/mol. The topological polar surface area (TPSA) is 18.5 Å². The molecule has 1 saturated heterocycles. The van der Waals surface area contributed by atoms with Crippen molar-refractivity contribution in [3.8, 4) is 12.3 Å². The number of hydrogen-bond donors (Lipinski definition) is 1. The molecule has 3 heteroatoms. The zero-order valence-corrected chi connectivity index (χ0v) is 27.9. The second-order valence-corrected chi connectivity index (χ2v) is 14.6. The zero-order chi connectivity index (χ0) is 30.5. The molecule has 3 nitrogen and oxygen atoms in total. The third-order valence-electron chi connectivity index (χ3n) is 10.9. The molecule has 1 unspecified atom stereocenters. The van der Waals surface area contributed by atoms with Crippen LogP contribution in [0, 0.1) is 40.9 Å². The van der Waals surface area contributed by atoms with Gasteiger partial charge in [0, 0.05) is 42.6 Å². The minimum atomic E-state index is 0.191. The van der Waals surface area contributed by atoms with E-state index in [1.807, 2.05) is 0 Å². The van der Waals surface area contributed by atoms with Crippen LogP contribution in [0.1, 0.15) is 99.0 Å². The van der Waals surface area contributed by atoms with Crippen molar-refractivity contribution in [2.45, 2.75) is 99.5 Å². The van der Waals surface area contributed by atoms with Gasteiger partial charge in [0.2, 0.25) is 0 Å². The third kappa shape index (κ3) is 7.02. The Morgan fingerprint density at radius 1 is 1.02 bits per heavy atom. The molecule has 0 radical (unpaired) electrons. The number of benzene rings is 1. The lowest BCUT2D eigenvalue weighted by Crippen LogP contribution is -2.68. The fraction of sp³-hybridized carbons (Fsp3) is 0.641. The molecule has 0 amide bonds. The number of anilines is 1. The van der Waals surface area contributed by atoms with Crippen molar-refractivity contribution in [2.75, 3.05) is 37.6 Å². The second-order valence-electron chi connectivity index (χ2n) is 14.6. The van der Waals surface area contributed by atoms with Crippen molar-refractivity contribution in [2.24, 2.45) is 28.6 Å². The van der Waals surface area contributed by atoms with Crippen LogP contribution in [0.5, 0.6) is 0 Å². The lowest BCUT2D eigenvalue weighted by Gasteiger charge is -2.65. The Bertz CT molecular complexity index is 1130. The number of nitrogens with one attached hydrogen (secondary N) is 1. The van der Waals surface area contributed by atoms with Gasteiger partial charge in [0.25, 0.3) is 0 Å². The number of allylic oxidation sites excluding steroid dienone is 4. The summed E-state index contributed by atoms with van der Waals surface area (Å²) in [7, 11) is 0. The van der Waals surface area contributed by atoms with E-state index in [4.69, 9.17) is 6.42 Å². The monoisotopic (exact) mass is 569 g/mol. The van der Waals surface area contributed by atoms with Gasteiger partial charge in [-0.1, -0.05) is 85.3 Å². The van der Waals surface area contributed by atoms with Gasteiger partial charge >= 0.3 is 0 Å². The normalized spacial score (nSPS) is 25.3. The Balaban J connectivity index is 1.31. The molecule has 3 aliphatic rings. The van der Waals surface area contributed by atoms with Crippen molar-refractivity contribution >= 4 is 11.4 Å². The zero-order valence-electron chi connectivity index (χ0n) is 27.9. The minimum absolute atomic E-state index is 0.191. The Morgan fingerprint density at radius 3 is 2.19 bits per heavy atom. The van der Waals surface area contributed by atoms with Gasteiger partial charge < -0.3 is 15.1 Å². The van der Waals surface area contributed by atoms with E-state index in [1.165, 1.54) is 68.6 Å². The molecule has 42 heavy (non-hydrogen) atoms. The maximum Gasteiger partial charge on any atom is 0.0369 e. The van der Waals surface area contributed by atoms with E-state index in [0.717, 1.165) is 43.1 Å². The molecule has 1 N–H and O–H groups in total. The SMILES string of the molecule is C#CC1=CCC(CC2C(C)(C)C(NC(=C)c3ccc(N4CCC(CN(CCC)CCC)CC4)cc3)C2(C)C)C=C1CC. The lowest BCUT2D eigenvalue weighted by molar-refractivity contribution is -0.128. The van der Waals surface area contributed by atoms with Gasteiger partial charge in [0.15, 0.2) is 0 Å². The fourth-order valence-electron chi connectivity index (χ4n) is 8.77. The molecule has 1 atom stereocenters. The van der Waals surface area contributed by atoms with Crippen LogP contribution >= 0.6 is 0 Å². The van der Waals surface area contributed by atoms with Crippen LogP contribution in [0.25, 0.3) is 5.70 Å². The first-order chi connectivity index (χ1) is 20.0. The summed E-state index contributed by atoms with van der Waals surface area (Å²) in [5.74, 6) is 4.94. The van der Waals surface area contributed by atoms with Gasteiger partial charge in [-0.2, -0.15) is 0 Å². The standard InChI is InChI=1S/C39H59N3/c1-10-22-41(23-11-2)28-30-20-24-42(25-21-30)35-18-16-34(17-19-35)29(5)40-37-38(6,7)36(39(37,8)9)27-31-14-15-32(12-3)33(13-4)26-31/h3,15-19,26,30-31,36-37,40H,5,10-11,13-14,20-25,27-28H2,1-2,4,6-9H3. The van der Waals surface area contributed by atoms with Gasteiger partial charge in [-0.05, 0) is 110 Å². The number of terminal acetylenes is 1. The van der Waals surface area contributed by atoms with E-state index >= 15 is 0 Å². The van der Waals surface area contributed by atoms with Crippen molar-refractivity contribution in [1.82, 2.24) is 10.2 Å². The molecule has 1 saturated carbocycles. The van der Waals surface area contributed by atoms with E-state index in [9.17, 15) is 0 Å². The highest BCUT2D eigenvalue weighted by molar-refractivity contribution is 5.65. The average molecular weight is 570 g/mol. The predicted molar refractivity (Wildman–Crippen MR) is 183 cm³/mol. The predicted octanol–water partition coefficient (Wildman–Crippen LogP) is 8.94. The smallest absolute Gasteiger partial charge is 0.0369 e. The van der Waals surface area contributed by atoms with E-state index in [2.05, 4.69) is 112 Å². The molecule has 1 heterocycles. The van der Waals surface area contributed by atoms with Crippen molar-refractivity contribution in [3.05, 3.63) is 59.7 Å². The van der Waals surface area contributed by atoms with E-state index < -0.39 is 0 Å². The molecular formula is C39H59N3. The van der Waals surface area contributed by atoms with Crippen molar-refractivity contribution < 1.29 is 0 Å². The van der Waals surface area contributed by atoms with E-state index in [0.29, 0.717) is 17.9 Å². The van der Waals surface area contributed by atoms with Gasteiger partial charge in [0.05, 0.1) is 0 Å². The van der Waals surface area contributed by atoms with Crippen LogP contribution in [0.15, 0.2) is 54.1 Å². The summed E-state index contributed by atoms with van der Waals surface area (Å²) >= 11 is 0. The average Bonchev–Trinajstić information content (AvgIpc) is 2.98. The molecule has 1 aromatic rings. The Kier molecular flexibility index (Phi) is 10.7. The Morgan fingerprint density at radius 2 is 1.64 bits per heavy atom. The van der Waals surface area contributed by atoms with Gasteiger partial charge in [-0.3, -0.25) is 0 Å². The maximum atomic E-state index is 5.75. The second kappa shape index (κ2) is 13.9.